The summed E-state index contributed by atoms with van der Waals surface area (Å²) in [5, 5.41) is 0. The Kier molecular flexibility index (Phi) is 4.56. The van der Waals surface area contributed by atoms with Gasteiger partial charge in [0.15, 0.2) is 0 Å². The number of nitrogens with two attached hydrogens (primary N) is 1. The minimum absolute atomic E-state index is 0.0346. The van der Waals surface area contributed by atoms with Crippen molar-refractivity contribution in [1.82, 2.24) is 4.90 Å². The highest BCUT2D eigenvalue weighted by Gasteiger charge is 2.24. The third-order valence-corrected chi connectivity index (χ3v) is 3.51. The van der Waals surface area contributed by atoms with Crippen molar-refractivity contribution in [2.24, 2.45) is 5.73 Å². The predicted octanol–water partition coefficient (Wildman–Crippen LogP) is 1.61. The van der Waals surface area contributed by atoms with Crippen LogP contribution in [0.1, 0.15) is 35.7 Å². The van der Waals surface area contributed by atoms with Gasteiger partial charge in [-0.25, -0.2) is 0 Å². The second-order valence-corrected chi connectivity index (χ2v) is 5.26. The van der Waals surface area contributed by atoms with Crippen LogP contribution < -0.4 is 5.73 Å². The third-order valence-electron chi connectivity index (χ3n) is 3.51. The molecule has 1 aromatic carbocycles. The normalized spacial score (nSPS) is 19.8. The Balaban J connectivity index is 2.06. The maximum atomic E-state index is 12.4. The average Bonchev–Trinajstić information content (AvgIpc) is 2.46. The van der Waals surface area contributed by atoms with Gasteiger partial charge in [0.05, 0.1) is 12.7 Å². The molecule has 1 atom stereocenters. The quantitative estimate of drug-likeness (QED) is 0.900. The van der Waals surface area contributed by atoms with Crippen molar-refractivity contribution in [3.8, 4) is 0 Å². The first-order chi connectivity index (χ1) is 9.11. The third kappa shape index (κ3) is 3.33. The minimum Gasteiger partial charge on any atom is -0.373 e. The number of hydrogen-bond acceptors (Lipinski definition) is 3. The smallest absolute Gasteiger partial charge is 0.254 e. The summed E-state index contributed by atoms with van der Waals surface area (Å²) in [5.41, 5.74) is 7.58. The van der Waals surface area contributed by atoms with Crippen molar-refractivity contribution in [3.63, 3.8) is 0 Å². The first-order valence-electron chi connectivity index (χ1n) is 6.82. The lowest BCUT2D eigenvalue weighted by Crippen LogP contribution is -2.48. The lowest BCUT2D eigenvalue weighted by atomic mass is 10.0. The minimum atomic E-state index is -0.0346. The van der Waals surface area contributed by atoms with Gasteiger partial charge in [-0.15, -0.1) is 0 Å². The van der Waals surface area contributed by atoms with Gasteiger partial charge < -0.3 is 15.4 Å². The summed E-state index contributed by atoms with van der Waals surface area (Å²) in [4.78, 5) is 14.2. The standard InChI is InChI=1S/C15H22N2O2/c1-11(2)12-3-5-13(6-4-12)15(18)17-7-8-19-14(9-16)10-17/h3-6,11,14H,7-10,16H2,1-2H3. The predicted molar refractivity (Wildman–Crippen MR) is 75.2 cm³/mol. The Bertz CT molecular complexity index is 428. The molecule has 1 amide bonds. The molecule has 1 saturated heterocycles. The molecule has 0 radical (unpaired) electrons. The van der Waals surface area contributed by atoms with Gasteiger partial charge in [0.2, 0.25) is 0 Å². The second-order valence-electron chi connectivity index (χ2n) is 5.26. The van der Waals surface area contributed by atoms with Crippen LogP contribution in [0.25, 0.3) is 0 Å². The fourth-order valence-electron chi connectivity index (χ4n) is 2.24. The monoisotopic (exact) mass is 262 g/mol. The molecule has 0 bridgehead atoms. The maximum Gasteiger partial charge on any atom is 0.254 e. The van der Waals surface area contributed by atoms with Gasteiger partial charge in [0.1, 0.15) is 0 Å². The zero-order chi connectivity index (χ0) is 13.8. The van der Waals surface area contributed by atoms with Crippen LogP contribution in [0.5, 0.6) is 0 Å². The van der Waals surface area contributed by atoms with Crippen LogP contribution in [0.4, 0.5) is 0 Å². The van der Waals surface area contributed by atoms with Crippen LogP contribution in [-0.4, -0.2) is 43.2 Å². The Morgan fingerprint density at radius 1 is 1.42 bits per heavy atom. The van der Waals surface area contributed by atoms with E-state index in [1.54, 1.807) is 0 Å². The molecule has 0 aromatic heterocycles. The van der Waals surface area contributed by atoms with E-state index in [4.69, 9.17) is 10.5 Å². The summed E-state index contributed by atoms with van der Waals surface area (Å²) in [7, 11) is 0. The van der Waals surface area contributed by atoms with E-state index in [1.165, 1.54) is 5.56 Å². The molecule has 4 heteroatoms. The van der Waals surface area contributed by atoms with Gasteiger partial charge in [-0.05, 0) is 23.6 Å². The molecule has 1 aliphatic heterocycles. The number of nitrogens with zero attached hydrogens (tertiary/aromatic N) is 1. The molecule has 1 heterocycles. The van der Waals surface area contributed by atoms with Gasteiger partial charge in [0, 0.05) is 25.2 Å². The summed E-state index contributed by atoms with van der Waals surface area (Å²) in [6.07, 6.45) is -0.0346. The Labute approximate surface area is 114 Å². The number of ether oxygens (including phenoxy) is 1. The second kappa shape index (κ2) is 6.17. The van der Waals surface area contributed by atoms with Crippen molar-refractivity contribution < 1.29 is 9.53 Å². The van der Waals surface area contributed by atoms with E-state index in [9.17, 15) is 4.79 Å². The Hall–Kier alpha value is -1.39. The van der Waals surface area contributed by atoms with Crippen LogP contribution in [0.2, 0.25) is 0 Å². The highest BCUT2D eigenvalue weighted by atomic mass is 16.5. The molecule has 19 heavy (non-hydrogen) atoms. The summed E-state index contributed by atoms with van der Waals surface area (Å²) in [6, 6.07) is 7.87. The van der Waals surface area contributed by atoms with Gasteiger partial charge in [-0.1, -0.05) is 26.0 Å². The van der Waals surface area contributed by atoms with E-state index in [1.807, 2.05) is 29.2 Å². The van der Waals surface area contributed by atoms with E-state index < -0.39 is 0 Å². The van der Waals surface area contributed by atoms with Crippen molar-refractivity contribution >= 4 is 5.91 Å². The molecule has 4 nitrogen and oxygen atoms in total. The number of morpholine rings is 1. The lowest BCUT2D eigenvalue weighted by molar-refractivity contribution is -0.0167. The van der Waals surface area contributed by atoms with Crippen LogP contribution in [0, 0.1) is 0 Å². The SMILES string of the molecule is CC(C)c1ccc(C(=O)N2CCOC(CN)C2)cc1. The van der Waals surface area contributed by atoms with E-state index in [0.717, 1.165) is 5.56 Å². The van der Waals surface area contributed by atoms with E-state index in [0.29, 0.717) is 32.2 Å². The van der Waals surface area contributed by atoms with Gasteiger partial charge in [0.25, 0.3) is 5.91 Å². The molecular formula is C15H22N2O2. The highest BCUT2D eigenvalue weighted by molar-refractivity contribution is 5.94. The number of hydrogen-bond donors (Lipinski definition) is 1. The molecule has 1 aromatic rings. The van der Waals surface area contributed by atoms with Gasteiger partial charge >= 0.3 is 0 Å². The zero-order valence-corrected chi connectivity index (χ0v) is 11.6. The zero-order valence-electron chi connectivity index (χ0n) is 11.6. The van der Waals surface area contributed by atoms with E-state index >= 15 is 0 Å². The number of rotatable bonds is 3. The number of carbonyl (C=O) groups is 1. The molecule has 104 valence electrons. The number of benzene rings is 1. The summed E-state index contributed by atoms with van der Waals surface area (Å²) >= 11 is 0. The number of amides is 1. The summed E-state index contributed by atoms with van der Waals surface area (Å²) in [5.74, 6) is 0.547. The van der Waals surface area contributed by atoms with Crippen LogP contribution in [0.3, 0.4) is 0 Å². The topological polar surface area (TPSA) is 55.6 Å². The fourth-order valence-corrected chi connectivity index (χ4v) is 2.24. The lowest BCUT2D eigenvalue weighted by Gasteiger charge is -2.32. The van der Waals surface area contributed by atoms with Crippen LogP contribution >= 0.6 is 0 Å². The molecule has 0 aliphatic carbocycles. The molecule has 1 aliphatic rings. The summed E-state index contributed by atoms with van der Waals surface area (Å²) < 4.78 is 5.48. The van der Waals surface area contributed by atoms with E-state index in [2.05, 4.69) is 13.8 Å². The van der Waals surface area contributed by atoms with Crippen molar-refractivity contribution in [2.45, 2.75) is 25.9 Å². The van der Waals surface area contributed by atoms with Crippen LogP contribution in [-0.2, 0) is 4.74 Å². The van der Waals surface area contributed by atoms with Crippen LogP contribution in [0.15, 0.2) is 24.3 Å². The largest absolute Gasteiger partial charge is 0.373 e. The van der Waals surface area contributed by atoms with Gasteiger partial charge in [-0.2, -0.15) is 0 Å². The van der Waals surface area contributed by atoms with Gasteiger partial charge in [-0.3, -0.25) is 4.79 Å². The number of carbonyl (C=O) groups excluding carboxylic acids is 1. The molecule has 0 saturated carbocycles. The molecule has 2 N–H and O–H groups in total. The maximum absolute atomic E-state index is 12.4. The molecular weight excluding hydrogens is 240 g/mol. The molecule has 1 fully saturated rings. The average molecular weight is 262 g/mol. The van der Waals surface area contributed by atoms with Crippen molar-refractivity contribution in [2.75, 3.05) is 26.2 Å². The van der Waals surface area contributed by atoms with Crippen molar-refractivity contribution in [1.29, 1.82) is 0 Å². The molecule has 0 spiro atoms. The molecule has 1 unspecified atom stereocenters. The first kappa shape index (κ1) is 14.0. The fraction of sp³-hybridized carbons (Fsp3) is 0.533. The van der Waals surface area contributed by atoms with E-state index in [-0.39, 0.29) is 12.0 Å². The summed E-state index contributed by atoms with van der Waals surface area (Å²) in [6.45, 7) is 6.53. The first-order valence-corrected chi connectivity index (χ1v) is 6.82. The Morgan fingerprint density at radius 3 is 2.68 bits per heavy atom. The Morgan fingerprint density at radius 2 is 2.11 bits per heavy atom. The van der Waals surface area contributed by atoms with Crippen molar-refractivity contribution in [3.05, 3.63) is 35.4 Å². The molecule has 2 rings (SSSR count). The highest BCUT2D eigenvalue weighted by Crippen LogP contribution is 2.16.